The van der Waals surface area contributed by atoms with Crippen LogP contribution in [0.1, 0.15) is 39.0 Å². The Morgan fingerprint density at radius 3 is 2.39 bits per heavy atom. The second-order valence-corrected chi connectivity index (χ2v) is 4.77. The minimum absolute atomic E-state index is 0.0527. The zero-order chi connectivity index (χ0) is 13.5. The molecule has 102 valence electrons. The largest absolute Gasteiger partial charge is 0.481 e. The van der Waals surface area contributed by atoms with Crippen molar-refractivity contribution in [3.8, 4) is 0 Å². The fourth-order valence-electron chi connectivity index (χ4n) is 1.87. The molecule has 0 spiro atoms. The Morgan fingerprint density at radius 1 is 1.22 bits per heavy atom. The number of imide groups is 1. The molecule has 0 aromatic rings. The first-order chi connectivity index (χ1) is 8.49. The Morgan fingerprint density at radius 2 is 1.83 bits per heavy atom. The maximum Gasteiger partial charge on any atom is 0.324 e. The van der Waals surface area contributed by atoms with Gasteiger partial charge in [0.15, 0.2) is 0 Å². The number of carboxylic acid groups (broad SMARTS) is 1. The third-order valence-corrected chi connectivity index (χ3v) is 3.11. The Labute approximate surface area is 106 Å². The summed E-state index contributed by atoms with van der Waals surface area (Å²) >= 11 is 0. The number of carbonyl (C=O) groups excluding carboxylic acids is 2. The summed E-state index contributed by atoms with van der Waals surface area (Å²) in [5.74, 6) is -0.709. The smallest absolute Gasteiger partial charge is 0.324 e. The number of urea groups is 1. The minimum Gasteiger partial charge on any atom is -0.481 e. The van der Waals surface area contributed by atoms with Crippen molar-refractivity contribution >= 4 is 17.9 Å². The van der Waals surface area contributed by atoms with Crippen LogP contribution < -0.4 is 5.32 Å². The van der Waals surface area contributed by atoms with E-state index in [1.165, 1.54) is 0 Å². The first kappa shape index (κ1) is 14.5. The van der Waals surface area contributed by atoms with Gasteiger partial charge in [-0.25, -0.2) is 4.79 Å². The molecule has 1 fully saturated rings. The van der Waals surface area contributed by atoms with Gasteiger partial charge in [-0.05, 0) is 25.2 Å². The molecule has 6 nitrogen and oxygen atoms in total. The monoisotopic (exact) mass is 256 g/mol. The average Bonchev–Trinajstić information content (AvgIpc) is 2.29. The van der Waals surface area contributed by atoms with Crippen molar-refractivity contribution < 1.29 is 19.5 Å². The number of rotatable bonds is 4. The summed E-state index contributed by atoms with van der Waals surface area (Å²) in [5.41, 5.74) is 0. The van der Waals surface area contributed by atoms with Crippen LogP contribution in [-0.2, 0) is 9.59 Å². The van der Waals surface area contributed by atoms with Gasteiger partial charge < -0.3 is 10.0 Å². The lowest BCUT2D eigenvalue weighted by Crippen LogP contribution is -2.46. The van der Waals surface area contributed by atoms with Crippen LogP contribution >= 0.6 is 0 Å². The standard InChI is InChI=1S/C12H20N2O4/c1-9-5-7-14(8-6-9)12(18)13-10(15)3-2-4-11(16)17/h9H,2-8H2,1H3,(H,16,17)(H,13,15,18). The lowest BCUT2D eigenvalue weighted by atomic mass is 10.00. The van der Waals surface area contributed by atoms with Crippen molar-refractivity contribution in [2.24, 2.45) is 5.92 Å². The molecule has 1 saturated heterocycles. The number of piperidine rings is 1. The van der Waals surface area contributed by atoms with Gasteiger partial charge in [0.25, 0.3) is 0 Å². The lowest BCUT2D eigenvalue weighted by molar-refractivity contribution is -0.137. The third-order valence-electron chi connectivity index (χ3n) is 3.11. The summed E-state index contributed by atoms with van der Waals surface area (Å²) < 4.78 is 0. The van der Waals surface area contributed by atoms with Gasteiger partial charge in [-0.2, -0.15) is 0 Å². The van der Waals surface area contributed by atoms with Crippen molar-refractivity contribution in [3.05, 3.63) is 0 Å². The quantitative estimate of drug-likeness (QED) is 0.791. The molecule has 0 aromatic heterocycles. The van der Waals surface area contributed by atoms with E-state index in [2.05, 4.69) is 12.2 Å². The van der Waals surface area contributed by atoms with Gasteiger partial charge in [-0.3, -0.25) is 14.9 Å². The predicted octanol–water partition coefficient (Wildman–Crippen LogP) is 1.21. The van der Waals surface area contributed by atoms with E-state index in [4.69, 9.17) is 5.11 Å². The van der Waals surface area contributed by atoms with Gasteiger partial charge in [-0.15, -0.1) is 0 Å². The highest BCUT2D eigenvalue weighted by molar-refractivity contribution is 5.94. The van der Waals surface area contributed by atoms with Crippen molar-refractivity contribution in [3.63, 3.8) is 0 Å². The van der Waals surface area contributed by atoms with Crippen molar-refractivity contribution in [1.29, 1.82) is 0 Å². The molecule has 0 unspecified atom stereocenters. The van der Waals surface area contributed by atoms with Crippen LogP contribution in [0.15, 0.2) is 0 Å². The number of amides is 3. The van der Waals surface area contributed by atoms with Crippen LogP contribution in [0, 0.1) is 5.92 Å². The SMILES string of the molecule is CC1CCN(C(=O)NC(=O)CCCC(=O)O)CC1. The van der Waals surface area contributed by atoms with Gasteiger partial charge in [0.05, 0.1) is 0 Å². The molecule has 0 radical (unpaired) electrons. The van der Waals surface area contributed by atoms with E-state index >= 15 is 0 Å². The molecular formula is C12H20N2O4. The van der Waals surface area contributed by atoms with Crippen LogP contribution in [0.5, 0.6) is 0 Å². The molecule has 6 heteroatoms. The molecule has 1 rings (SSSR count). The minimum atomic E-state index is -0.931. The normalized spacial score (nSPS) is 16.4. The Bertz CT molecular complexity index is 322. The molecular weight excluding hydrogens is 236 g/mol. The summed E-state index contributed by atoms with van der Waals surface area (Å²) in [4.78, 5) is 35.0. The van der Waals surface area contributed by atoms with Gasteiger partial charge in [-0.1, -0.05) is 6.92 Å². The Hall–Kier alpha value is -1.59. The number of nitrogens with zero attached hydrogens (tertiary/aromatic N) is 1. The van der Waals surface area contributed by atoms with Gasteiger partial charge in [0.1, 0.15) is 0 Å². The molecule has 0 bridgehead atoms. The van der Waals surface area contributed by atoms with Crippen LogP contribution in [0.3, 0.4) is 0 Å². The van der Waals surface area contributed by atoms with E-state index < -0.39 is 11.9 Å². The van der Waals surface area contributed by atoms with E-state index in [0.29, 0.717) is 19.0 Å². The summed E-state index contributed by atoms with van der Waals surface area (Å²) in [6.45, 7) is 3.50. The molecule has 3 amide bonds. The Kier molecular flexibility index (Phi) is 5.61. The zero-order valence-electron chi connectivity index (χ0n) is 10.6. The molecule has 2 N–H and O–H groups in total. The van der Waals surface area contributed by atoms with Crippen molar-refractivity contribution in [2.45, 2.75) is 39.0 Å². The van der Waals surface area contributed by atoms with Crippen molar-refractivity contribution in [2.75, 3.05) is 13.1 Å². The van der Waals surface area contributed by atoms with E-state index in [0.717, 1.165) is 12.8 Å². The molecule has 1 aliphatic rings. The molecule has 1 heterocycles. The topological polar surface area (TPSA) is 86.7 Å². The number of aliphatic carboxylic acids is 1. The first-order valence-corrected chi connectivity index (χ1v) is 6.29. The third kappa shape index (κ3) is 5.16. The number of hydrogen-bond acceptors (Lipinski definition) is 3. The molecule has 0 aliphatic carbocycles. The van der Waals surface area contributed by atoms with E-state index in [-0.39, 0.29) is 25.3 Å². The summed E-state index contributed by atoms with van der Waals surface area (Å²) in [5, 5.41) is 10.7. The van der Waals surface area contributed by atoms with E-state index in [1.807, 2.05) is 0 Å². The lowest BCUT2D eigenvalue weighted by Gasteiger charge is -2.29. The highest BCUT2D eigenvalue weighted by Gasteiger charge is 2.21. The van der Waals surface area contributed by atoms with Crippen molar-refractivity contribution in [1.82, 2.24) is 10.2 Å². The van der Waals surface area contributed by atoms with E-state index in [1.54, 1.807) is 4.90 Å². The second-order valence-electron chi connectivity index (χ2n) is 4.77. The zero-order valence-corrected chi connectivity index (χ0v) is 10.6. The highest BCUT2D eigenvalue weighted by Crippen LogP contribution is 2.15. The number of likely N-dealkylation sites (tertiary alicyclic amines) is 1. The fraction of sp³-hybridized carbons (Fsp3) is 0.750. The maximum absolute atomic E-state index is 11.7. The summed E-state index contributed by atoms with van der Waals surface area (Å²) in [6, 6.07) is -0.359. The number of carboxylic acids is 1. The number of hydrogen-bond donors (Lipinski definition) is 2. The predicted molar refractivity (Wildman–Crippen MR) is 65.0 cm³/mol. The van der Waals surface area contributed by atoms with E-state index in [9.17, 15) is 14.4 Å². The van der Waals surface area contributed by atoms with Gasteiger partial charge in [0.2, 0.25) is 5.91 Å². The van der Waals surface area contributed by atoms with Crippen LogP contribution in [0.4, 0.5) is 4.79 Å². The average molecular weight is 256 g/mol. The fourth-order valence-corrected chi connectivity index (χ4v) is 1.87. The van der Waals surface area contributed by atoms with Gasteiger partial charge >= 0.3 is 12.0 Å². The molecule has 1 aliphatic heterocycles. The molecule has 0 saturated carbocycles. The summed E-state index contributed by atoms with van der Waals surface area (Å²) in [7, 11) is 0. The van der Waals surface area contributed by atoms with Crippen LogP contribution in [0.25, 0.3) is 0 Å². The molecule has 18 heavy (non-hydrogen) atoms. The first-order valence-electron chi connectivity index (χ1n) is 6.29. The molecule has 0 atom stereocenters. The maximum atomic E-state index is 11.7. The second kappa shape index (κ2) is 6.98. The highest BCUT2D eigenvalue weighted by atomic mass is 16.4. The van der Waals surface area contributed by atoms with Gasteiger partial charge in [0, 0.05) is 25.9 Å². The van der Waals surface area contributed by atoms with Crippen LogP contribution in [0.2, 0.25) is 0 Å². The summed E-state index contributed by atoms with van der Waals surface area (Å²) in [6.07, 6.45) is 2.19. The Balaban J connectivity index is 2.22. The van der Waals surface area contributed by atoms with Crippen LogP contribution in [-0.4, -0.2) is 41.0 Å². The number of nitrogens with one attached hydrogen (secondary N) is 1. The molecule has 0 aromatic carbocycles. The number of carbonyl (C=O) groups is 3.